The van der Waals surface area contributed by atoms with Crippen LogP contribution in [-0.2, 0) is 14.9 Å². The molecule has 2 aliphatic rings. The highest BCUT2D eigenvalue weighted by Crippen LogP contribution is 2.42. The fraction of sp³-hybridized carbons (Fsp3) is 0.524. The Morgan fingerprint density at radius 3 is 2.58 bits per heavy atom. The normalized spacial score (nSPS) is 23.0. The van der Waals surface area contributed by atoms with Crippen LogP contribution in [0.1, 0.15) is 50.5 Å². The monoisotopic (exact) mass is 355 g/mol. The Balaban J connectivity index is 1.88. The molecule has 1 fully saturated rings. The number of rotatable bonds is 5. The topological polar surface area (TPSA) is 68.6 Å². The molecular formula is C21H25NO4. The van der Waals surface area contributed by atoms with Crippen molar-refractivity contribution in [3.63, 3.8) is 0 Å². The number of nitrogens with zero attached hydrogens (tertiary/aromatic N) is 1. The van der Waals surface area contributed by atoms with Crippen molar-refractivity contribution in [3.8, 4) is 17.6 Å². The molecule has 5 nitrogen and oxygen atoms in total. The SMILES string of the molecule is COC(=O)C1=CCC(C#N)(c2ccc(OC)c(OC3CCCC3)c2)CC1. The van der Waals surface area contributed by atoms with E-state index in [-0.39, 0.29) is 12.1 Å². The number of ether oxygens (including phenoxy) is 3. The smallest absolute Gasteiger partial charge is 0.333 e. The number of hydrogen-bond donors (Lipinski definition) is 0. The zero-order valence-corrected chi connectivity index (χ0v) is 15.4. The molecule has 0 radical (unpaired) electrons. The third kappa shape index (κ3) is 3.55. The molecule has 138 valence electrons. The van der Waals surface area contributed by atoms with Gasteiger partial charge >= 0.3 is 5.97 Å². The fourth-order valence-corrected chi connectivity index (χ4v) is 3.85. The van der Waals surface area contributed by atoms with Crippen LogP contribution in [0.15, 0.2) is 29.8 Å². The van der Waals surface area contributed by atoms with Crippen LogP contribution in [0, 0.1) is 11.3 Å². The first-order valence-electron chi connectivity index (χ1n) is 9.15. The molecule has 1 saturated carbocycles. The van der Waals surface area contributed by atoms with Gasteiger partial charge in [0, 0.05) is 5.57 Å². The van der Waals surface area contributed by atoms with E-state index in [2.05, 4.69) is 6.07 Å². The van der Waals surface area contributed by atoms with Gasteiger partial charge in [0.2, 0.25) is 0 Å². The van der Waals surface area contributed by atoms with E-state index < -0.39 is 5.41 Å². The van der Waals surface area contributed by atoms with E-state index in [1.807, 2.05) is 24.3 Å². The molecule has 1 unspecified atom stereocenters. The third-order valence-corrected chi connectivity index (χ3v) is 5.49. The lowest BCUT2D eigenvalue weighted by Gasteiger charge is -2.30. The van der Waals surface area contributed by atoms with Gasteiger partial charge in [-0.2, -0.15) is 5.26 Å². The summed E-state index contributed by atoms with van der Waals surface area (Å²) in [4.78, 5) is 11.7. The van der Waals surface area contributed by atoms with Crippen molar-refractivity contribution in [2.75, 3.05) is 14.2 Å². The van der Waals surface area contributed by atoms with E-state index in [4.69, 9.17) is 14.2 Å². The predicted octanol–water partition coefficient (Wildman–Crippen LogP) is 4.06. The molecule has 0 aromatic heterocycles. The third-order valence-electron chi connectivity index (χ3n) is 5.49. The van der Waals surface area contributed by atoms with Crippen LogP contribution in [0.2, 0.25) is 0 Å². The summed E-state index contributed by atoms with van der Waals surface area (Å²) in [5, 5.41) is 9.91. The molecule has 0 aliphatic heterocycles. The second kappa shape index (κ2) is 7.82. The Morgan fingerprint density at radius 1 is 1.23 bits per heavy atom. The highest BCUT2D eigenvalue weighted by atomic mass is 16.5. The minimum Gasteiger partial charge on any atom is -0.493 e. The molecule has 0 saturated heterocycles. The zero-order chi connectivity index (χ0) is 18.6. The maximum Gasteiger partial charge on any atom is 0.333 e. The van der Waals surface area contributed by atoms with Gasteiger partial charge in [0.25, 0.3) is 0 Å². The van der Waals surface area contributed by atoms with Crippen molar-refractivity contribution in [2.45, 2.75) is 56.5 Å². The van der Waals surface area contributed by atoms with Gasteiger partial charge in [0.05, 0.1) is 31.8 Å². The molecule has 2 aliphatic carbocycles. The zero-order valence-electron chi connectivity index (χ0n) is 15.4. The Morgan fingerprint density at radius 2 is 2.00 bits per heavy atom. The van der Waals surface area contributed by atoms with Gasteiger partial charge in [-0.3, -0.25) is 0 Å². The number of carbonyl (C=O) groups is 1. The Kier molecular flexibility index (Phi) is 5.51. The van der Waals surface area contributed by atoms with Crippen LogP contribution in [0.3, 0.4) is 0 Å². The van der Waals surface area contributed by atoms with Crippen molar-refractivity contribution in [1.82, 2.24) is 0 Å². The van der Waals surface area contributed by atoms with Crippen molar-refractivity contribution in [1.29, 1.82) is 5.26 Å². The Labute approximate surface area is 154 Å². The minimum absolute atomic E-state index is 0.217. The molecule has 0 heterocycles. The summed E-state index contributed by atoms with van der Waals surface area (Å²) in [6, 6.07) is 8.22. The van der Waals surface area contributed by atoms with E-state index in [9.17, 15) is 10.1 Å². The molecular weight excluding hydrogens is 330 g/mol. The van der Waals surface area contributed by atoms with E-state index >= 15 is 0 Å². The number of methoxy groups -OCH3 is 2. The van der Waals surface area contributed by atoms with E-state index in [0.717, 1.165) is 18.4 Å². The van der Waals surface area contributed by atoms with Crippen LogP contribution in [0.25, 0.3) is 0 Å². The summed E-state index contributed by atoms with van der Waals surface area (Å²) >= 11 is 0. The maximum atomic E-state index is 11.7. The largest absolute Gasteiger partial charge is 0.493 e. The van der Waals surface area contributed by atoms with Gasteiger partial charge < -0.3 is 14.2 Å². The standard InChI is InChI=1S/C21H25NO4/c1-24-18-8-7-16(13-19(18)26-17-5-3-4-6-17)21(14-22)11-9-15(10-12-21)20(23)25-2/h7-9,13,17H,3-6,10-12H2,1-2H3. The van der Waals surface area contributed by atoms with E-state index in [0.29, 0.717) is 36.3 Å². The molecule has 0 N–H and O–H groups in total. The Bertz CT molecular complexity index is 743. The summed E-state index contributed by atoms with van der Waals surface area (Å²) in [7, 11) is 3.01. The van der Waals surface area contributed by atoms with Crippen molar-refractivity contribution >= 4 is 5.97 Å². The lowest BCUT2D eigenvalue weighted by Crippen LogP contribution is -2.28. The quantitative estimate of drug-likeness (QED) is 0.745. The summed E-state index contributed by atoms with van der Waals surface area (Å²) in [5.41, 5.74) is 0.903. The predicted molar refractivity (Wildman–Crippen MR) is 97.1 cm³/mol. The number of hydrogen-bond acceptors (Lipinski definition) is 5. The Hall–Kier alpha value is -2.48. The number of benzene rings is 1. The lowest BCUT2D eigenvalue weighted by atomic mass is 9.71. The van der Waals surface area contributed by atoms with E-state index in [1.165, 1.54) is 20.0 Å². The van der Waals surface area contributed by atoms with Crippen LogP contribution in [0.4, 0.5) is 0 Å². The van der Waals surface area contributed by atoms with Crippen LogP contribution >= 0.6 is 0 Å². The van der Waals surface area contributed by atoms with E-state index in [1.54, 1.807) is 7.11 Å². The lowest BCUT2D eigenvalue weighted by molar-refractivity contribution is -0.136. The first-order valence-corrected chi connectivity index (χ1v) is 9.15. The molecule has 5 heteroatoms. The van der Waals surface area contributed by atoms with Crippen LogP contribution in [-0.4, -0.2) is 26.3 Å². The van der Waals surface area contributed by atoms with Gasteiger partial charge in [-0.25, -0.2) is 4.79 Å². The molecule has 1 aromatic rings. The molecule has 3 rings (SSSR count). The molecule has 1 atom stereocenters. The molecule has 0 spiro atoms. The highest BCUT2D eigenvalue weighted by Gasteiger charge is 2.36. The first-order chi connectivity index (χ1) is 12.6. The summed E-state index contributed by atoms with van der Waals surface area (Å²) in [6.45, 7) is 0. The molecule has 0 amide bonds. The average Bonchev–Trinajstić information content (AvgIpc) is 3.20. The summed E-state index contributed by atoms with van der Waals surface area (Å²) in [6.07, 6.45) is 8.15. The number of esters is 1. The number of nitriles is 1. The molecule has 0 bridgehead atoms. The summed E-state index contributed by atoms with van der Waals surface area (Å²) in [5.74, 6) is 1.08. The van der Waals surface area contributed by atoms with Gasteiger partial charge in [-0.05, 0) is 62.6 Å². The second-order valence-corrected chi connectivity index (χ2v) is 7.01. The van der Waals surface area contributed by atoms with Gasteiger partial charge in [-0.1, -0.05) is 12.1 Å². The number of carbonyl (C=O) groups excluding carboxylic acids is 1. The molecule has 1 aromatic carbocycles. The van der Waals surface area contributed by atoms with Gasteiger partial charge in [-0.15, -0.1) is 0 Å². The highest BCUT2D eigenvalue weighted by molar-refractivity contribution is 5.88. The minimum atomic E-state index is -0.655. The van der Waals surface area contributed by atoms with Crippen LogP contribution < -0.4 is 9.47 Å². The van der Waals surface area contributed by atoms with Gasteiger partial charge in [0.15, 0.2) is 11.5 Å². The summed E-state index contributed by atoms with van der Waals surface area (Å²) < 4.78 is 16.4. The number of allylic oxidation sites excluding steroid dienone is 1. The van der Waals surface area contributed by atoms with Gasteiger partial charge in [0.1, 0.15) is 0 Å². The van der Waals surface area contributed by atoms with Crippen LogP contribution in [0.5, 0.6) is 11.5 Å². The first kappa shape index (κ1) is 18.3. The van der Waals surface area contributed by atoms with Crippen molar-refractivity contribution in [2.24, 2.45) is 0 Å². The maximum absolute atomic E-state index is 11.7. The molecule has 26 heavy (non-hydrogen) atoms. The average molecular weight is 355 g/mol. The van der Waals surface area contributed by atoms with Crippen molar-refractivity contribution < 1.29 is 19.0 Å². The van der Waals surface area contributed by atoms with Crippen molar-refractivity contribution in [3.05, 3.63) is 35.4 Å². The fourth-order valence-electron chi connectivity index (χ4n) is 3.85. The second-order valence-electron chi connectivity index (χ2n) is 7.01.